The Hall–Kier alpha value is -1.61. The van der Waals surface area contributed by atoms with Gasteiger partial charge in [0.1, 0.15) is 0 Å². The highest BCUT2D eigenvalue weighted by Crippen LogP contribution is 2.22. The van der Waals surface area contributed by atoms with Crippen molar-refractivity contribution in [3.05, 3.63) is 63.1 Å². The third-order valence-electron chi connectivity index (χ3n) is 3.18. The largest absolute Gasteiger partial charge is 0.398 e. The lowest BCUT2D eigenvalue weighted by Gasteiger charge is -2.07. The number of hydrogen-bond donors (Lipinski definition) is 1. The van der Waals surface area contributed by atoms with Crippen molar-refractivity contribution in [2.75, 3.05) is 5.73 Å². The van der Waals surface area contributed by atoms with Gasteiger partial charge in [0.05, 0.1) is 0 Å². The fourth-order valence-electron chi connectivity index (χ4n) is 1.97. The van der Waals surface area contributed by atoms with Crippen molar-refractivity contribution in [1.82, 2.24) is 0 Å². The lowest BCUT2D eigenvalue weighted by Crippen LogP contribution is -2.05. The van der Waals surface area contributed by atoms with Crippen molar-refractivity contribution in [3.8, 4) is 0 Å². The van der Waals surface area contributed by atoms with Gasteiger partial charge >= 0.3 is 0 Å². The summed E-state index contributed by atoms with van der Waals surface area (Å²) in [5.41, 5.74) is 10.5. The lowest BCUT2D eigenvalue weighted by atomic mass is 9.98. The quantitative estimate of drug-likeness (QED) is 0.685. The topological polar surface area (TPSA) is 43.1 Å². The third kappa shape index (κ3) is 3.24. The predicted octanol–water partition coefficient (Wildman–Crippen LogP) is 4.07. The Labute approximate surface area is 121 Å². The van der Waals surface area contributed by atoms with E-state index in [9.17, 15) is 4.79 Å². The number of Topliss-reactive ketones (excluding diaryl/α,β-unsaturated/α-hetero) is 1. The van der Waals surface area contributed by atoms with E-state index in [1.165, 1.54) is 5.56 Å². The molecule has 0 radical (unpaired) electrons. The number of ketones is 1. The van der Waals surface area contributed by atoms with Gasteiger partial charge in [-0.15, -0.1) is 0 Å². The lowest BCUT2D eigenvalue weighted by molar-refractivity contribution is 0.0992. The molecular weight excluding hydrogens is 302 g/mol. The maximum absolute atomic E-state index is 12.3. The molecule has 0 atom stereocenters. The van der Waals surface area contributed by atoms with E-state index in [-0.39, 0.29) is 5.78 Å². The standard InChI is InChI=1S/C16H16BrNO/c1-10-3-4-11(2)13(7-10)9-16(19)12-5-6-15(18)14(17)8-12/h3-8H,9,18H2,1-2H3. The minimum Gasteiger partial charge on any atom is -0.398 e. The highest BCUT2D eigenvalue weighted by atomic mass is 79.9. The van der Waals surface area contributed by atoms with Crippen LogP contribution >= 0.6 is 15.9 Å². The van der Waals surface area contributed by atoms with Crippen molar-refractivity contribution >= 4 is 27.4 Å². The van der Waals surface area contributed by atoms with E-state index < -0.39 is 0 Å². The van der Waals surface area contributed by atoms with E-state index in [1.54, 1.807) is 18.2 Å². The van der Waals surface area contributed by atoms with Gasteiger partial charge in [0.25, 0.3) is 0 Å². The Morgan fingerprint density at radius 3 is 2.58 bits per heavy atom. The molecule has 2 aromatic carbocycles. The second-order valence-corrected chi connectivity index (χ2v) is 5.62. The summed E-state index contributed by atoms with van der Waals surface area (Å²) in [5, 5.41) is 0. The van der Waals surface area contributed by atoms with Crippen molar-refractivity contribution in [2.24, 2.45) is 0 Å². The van der Waals surface area contributed by atoms with Crippen molar-refractivity contribution in [3.63, 3.8) is 0 Å². The van der Waals surface area contributed by atoms with E-state index in [4.69, 9.17) is 5.73 Å². The fraction of sp³-hybridized carbons (Fsp3) is 0.188. The number of nitrogen functional groups attached to an aromatic ring is 1. The summed E-state index contributed by atoms with van der Waals surface area (Å²) in [6.07, 6.45) is 0.421. The zero-order valence-corrected chi connectivity index (χ0v) is 12.6. The summed E-state index contributed by atoms with van der Waals surface area (Å²) in [4.78, 5) is 12.3. The van der Waals surface area contributed by atoms with Crippen LogP contribution in [0.4, 0.5) is 5.69 Å². The van der Waals surface area contributed by atoms with Gasteiger partial charge in [0, 0.05) is 22.1 Å². The number of benzene rings is 2. The molecule has 3 heteroatoms. The maximum atomic E-state index is 12.3. The normalized spacial score (nSPS) is 10.5. The van der Waals surface area contributed by atoms with Crippen LogP contribution in [0.5, 0.6) is 0 Å². The average Bonchev–Trinajstić information content (AvgIpc) is 2.37. The summed E-state index contributed by atoms with van der Waals surface area (Å²) in [7, 11) is 0. The summed E-state index contributed by atoms with van der Waals surface area (Å²) < 4.78 is 0.763. The number of carbonyl (C=O) groups excluding carboxylic acids is 1. The number of aryl methyl sites for hydroxylation is 2. The predicted molar refractivity (Wildman–Crippen MR) is 82.5 cm³/mol. The zero-order chi connectivity index (χ0) is 14.0. The monoisotopic (exact) mass is 317 g/mol. The molecule has 0 saturated carbocycles. The Morgan fingerprint density at radius 2 is 1.89 bits per heavy atom. The molecular formula is C16H16BrNO. The average molecular weight is 318 g/mol. The number of carbonyl (C=O) groups is 1. The first-order valence-corrected chi connectivity index (χ1v) is 6.91. The van der Waals surface area contributed by atoms with E-state index in [0.29, 0.717) is 17.7 Å². The number of nitrogens with two attached hydrogens (primary N) is 1. The number of anilines is 1. The number of halogens is 1. The molecule has 19 heavy (non-hydrogen) atoms. The minimum absolute atomic E-state index is 0.106. The van der Waals surface area contributed by atoms with Crippen LogP contribution in [0.3, 0.4) is 0 Å². The molecule has 0 aliphatic heterocycles. The van der Waals surface area contributed by atoms with Gasteiger partial charge in [-0.25, -0.2) is 0 Å². The van der Waals surface area contributed by atoms with E-state index >= 15 is 0 Å². The summed E-state index contributed by atoms with van der Waals surface area (Å²) in [5.74, 6) is 0.106. The molecule has 2 N–H and O–H groups in total. The first kappa shape index (κ1) is 13.8. The van der Waals surface area contributed by atoms with Crippen LogP contribution in [-0.2, 0) is 6.42 Å². The smallest absolute Gasteiger partial charge is 0.167 e. The minimum atomic E-state index is 0.106. The van der Waals surface area contributed by atoms with Crippen LogP contribution in [0.15, 0.2) is 40.9 Å². The van der Waals surface area contributed by atoms with Gasteiger partial charge < -0.3 is 5.73 Å². The Kier molecular flexibility index (Phi) is 4.05. The van der Waals surface area contributed by atoms with Crippen LogP contribution in [0.2, 0.25) is 0 Å². The van der Waals surface area contributed by atoms with E-state index in [0.717, 1.165) is 15.6 Å². The van der Waals surface area contributed by atoms with Crippen LogP contribution in [0.1, 0.15) is 27.0 Å². The Morgan fingerprint density at radius 1 is 1.16 bits per heavy atom. The maximum Gasteiger partial charge on any atom is 0.167 e. The molecule has 0 bridgehead atoms. The van der Waals surface area contributed by atoms with Gasteiger partial charge in [-0.3, -0.25) is 4.79 Å². The Balaban J connectivity index is 2.25. The molecule has 0 spiro atoms. The molecule has 0 amide bonds. The molecule has 0 saturated heterocycles. The van der Waals surface area contributed by atoms with Crippen LogP contribution in [0.25, 0.3) is 0 Å². The van der Waals surface area contributed by atoms with Crippen molar-refractivity contribution in [2.45, 2.75) is 20.3 Å². The molecule has 0 fully saturated rings. The van der Waals surface area contributed by atoms with Gasteiger partial charge in [0.15, 0.2) is 5.78 Å². The molecule has 0 aliphatic rings. The molecule has 0 heterocycles. The Bertz CT molecular complexity index is 635. The van der Waals surface area contributed by atoms with Crippen molar-refractivity contribution < 1.29 is 4.79 Å². The molecule has 0 unspecified atom stereocenters. The van der Waals surface area contributed by atoms with Crippen LogP contribution in [-0.4, -0.2) is 5.78 Å². The molecule has 2 aromatic rings. The number of rotatable bonds is 3. The first-order chi connectivity index (χ1) is 8.97. The van der Waals surface area contributed by atoms with Crippen LogP contribution in [0, 0.1) is 13.8 Å². The van der Waals surface area contributed by atoms with Crippen molar-refractivity contribution in [1.29, 1.82) is 0 Å². The van der Waals surface area contributed by atoms with Crippen LogP contribution < -0.4 is 5.73 Å². The highest BCUT2D eigenvalue weighted by Gasteiger charge is 2.10. The molecule has 98 valence electrons. The molecule has 0 aliphatic carbocycles. The zero-order valence-electron chi connectivity index (χ0n) is 11.0. The third-order valence-corrected chi connectivity index (χ3v) is 3.86. The molecule has 2 nitrogen and oxygen atoms in total. The summed E-state index contributed by atoms with van der Waals surface area (Å²) in [6.45, 7) is 4.06. The van der Waals surface area contributed by atoms with Gasteiger partial charge in [0.2, 0.25) is 0 Å². The highest BCUT2D eigenvalue weighted by molar-refractivity contribution is 9.10. The number of hydrogen-bond acceptors (Lipinski definition) is 2. The SMILES string of the molecule is Cc1ccc(C)c(CC(=O)c2ccc(N)c(Br)c2)c1. The van der Waals surface area contributed by atoms with Gasteiger partial charge in [-0.05, 0) is 59.1 Å². The first-order valence-electron chi connectivity index (χ1n) is 6.11. The second-order valence-electron chi connectivity index (χ2n) is 4.77. The van der Waals surface area contributed by atoms with Gasteiger partial charge in [-0.2, -0.15) is 0 Å². The molecule has 0 aromatic heterocycles. The summed E-state index contributed by atoms with van der Waals surface area (Å²) >= 11 is 3.35. The molecule has 2 rings (SSSR count). The van der Waals surface area contributed by atoms with Gasteiger partial charge in [-0.1, -0.05) is 23.8 Å². The second kappa shape index (κ2) is 5.57. The van der Waals surface area contributed by atoms with E-state index in [2.05, 4.69) is 34.1 Å². The fourth-order valence-corrected chi connectivity index (χ4v) is 2.35. The summed E-state index contributed by atoms with van der Waals surface area (Å²) in [6, 6.07) is 11.5. The van der Waals surface area contributed by atoms with E-state index in [1.807, 2.05) is 13.8 Å².